The fraction of sp³-hybridized carbons (Fsp3) is 0.194. The van der Waals surface area contributed by atoms with Crippen molar-refractivity contribution in [2.24, 2.45) is 5.16 Å². The molecule has 2 aliphatic heterocycles. The molecule has 3 aliphatic rings. The molecule has 22 heteroatoms. The van der Waals surface area contributed by atoms with Gasteiger partial charge < -0.3 is 24.0 Å². The maximum absolute atomic E-state index is 13.9. The first-order valence-electron chi connectivity index (χ1n) is 17.0. The maximum Gasteiger partial charge on any atom is 0.355 e. The van der Waals surface area contributed by atoms with Crippen LogP contribution in [0.3, 0.4) is 0 Å². The number of nitro groups is 4. The van der Waals surface area contributed by atoms with Crippen molar-refractivity contribution in [3.05, 3.63) is 133 Å². The molecule has 292 valence electrons. The number of phenols is 1. The van der Waals surface area contributed by atoms with E-state index in [1.807, 2.05) is 0 Å². The number of cyclic esters (lactones) is 1. The van der Waals surface area contributed by atoms with Crippen LogP contribution in [0.1, 0.15) is 48.1 Å². The van der Waals surface area contributed by atoms with Crippen LogP contribution < -0.4 is 5.56 Å². The summed E-state index contributed by atoms with van der Waals surface area (Å²) in [5.41, 5.74) is -6.86. The number of carbonyl (C=O) groups is 2. The van der Waals surface area contributed by atoms with Crippen molar-refractivity contribution < 1.29 is 48.7 Å². The van der Waals surface area contributed by atoms with Crippen LogP contribution in [0.5, 0.6) is 5.75 Å². The molecule has 0 saturated heterocycles. The van der Waals surface area contributed by atoms with E-state index >= 15 is 0 Å². The van der Waals surface area contributed by atoms with E-state index in [2.05, 4.69) is 10.1 Å². The number of ether oxygens (including phenoxy) is 2. The molecule has 0 unspecified atom stereocenters. The number of non-ortho nitro benzene ring substituents is 2. The van der Waals surface area contributed by atoms with Gasteiger partial charge in [0.1, 0.15) is 18.1 Å². The molecule has 0 radical (unpaired) electrons. The van der Waals surface area contributed by atoms with Crippen molar-refractivity contribution in [3.63, 3.8) is 0 Å². The lowest BCUT2D eigenvalue weighted by Gasteiger charge is -2.36. The summed E-state index contributed by atoms with van der Waals surface area (Å²) in [4.78, 5) is 95.3. The number of benzene rings is 3. The Morgan fingerprint density at radius 1 is 0.931 bits per heavy atom. The standard InChI is InChI=1S/C36H23N7O15/c1-3-36(24-12-28-31-17(6-16-7-20(44)4-5-25(16)37-31)13-39(28)33(45)23(24)14-56-35(36)47)57-34(46)15(2)58-38-32-21-8-18(40(48)49)10-26(42(52)53)29(21)30-22(32)9-19(41(50)51)11-27(30)43(54)55/h4-12,15,44H,3,13-14H2,1-2H3/t15-,36+/m1/s1. The first-order chi connectivity index (χ1) is 27.5. The number of esters is 2. The van der Waals surface area contributed by atoms with Crippen molar-refractivity contribution in [1.29, 1.82) is 0 Å². The maximum atomic E-state index is 13.9. The number of nitro benzene ring substituents is 4. The zero-order valence-electron chi connectivity index (χ0n) is 29.7. The van der Waals surface area contributed by atoms with Gasteiger partial charge in [-0.15, -0.1) is 0 Å². The predicted molar refractivity (Wildman–Crippen MR) is 195 cm³/mol. The third-order valence-corrected chi connectivity index (χ3v) is 10.1. The smallest absolute Gasteiger partial charge is 0.355 e. The van der Waals surface area contributed by atoms with Crippen LogP contribution in [0, 0.1) is 40.5 Å². The number of aromatic hydroxyl groups is 1. The van der Waals surface area contributed by atoms with Gasteiger partial charge in [-0.25, -0.2) is 14.6 Å². The minimum atomic E-state index is -2.20. The summed E-state index contributed by atoms with van der Waals surface area (Å²) >= 11 is 0. The van der Waals surface area contributed by atoms with E-state index in [1.165, 1.54) is 29.7 Å². The lowest BCUT2D eigenvalue weighted by atomic mass is 9.85. The Balaban J connectivity index is 1.19. The van der Waals surface area contributed by atoms with Gasteiger partial charge in [-0.3, -0.25) is 45.3 Å². The zero-order chi connectivity index (χ0) is 41.5. The Labute approximate surface area is 321 Å². The van der Waals surface area contributed by atoms with Gasteiger partial charge in [-0.2, -0.15) is 0 Å². The predicted octanol–water partition coefficient (Wildman–Crippen LogP) is 4.81. The molecule has 0 amide bonds. The summed E-state index contributed by atoms with van der Waals surface area (Å²) in [6.45, 7) is 2.28. The summed E-state index contributed by atoms with van der Waals surface area (Å²) in [5.74, 6) is -2.25. The van der Waals surface area contributed by atoms with Crippen LogP contribution in [-0.2, 0) is 42.7 Å². The van der Waals surface area contributed by atoms with E-state index in [0.29, 0.717) is 40.0 Å². The molecule has 0 fully saturated rings. The van der Waals surface area contributed by atoms with Gasteiger partial charge in [0, 0.05) is 39.8 Å². The third-order valence-electron chi connectivity index (χ3n) is 10.1. The molecule has 1 N–H and O–H groups in total. The minimum absolute atomic E-state index is 0.0194. The van der Waals surface area contributed by atoms with Gasteiger partial charge >= 0.3 is 11.9 Å². The first-order valence-corrected chi connectivity index (χ1v) is 17.0. The molecule has 0 bridgehead atoms. The Bertz CT molecular complexity index is 2800. The van der Waals surface area contributed by atoms with E-state index in [9.17, 15) is 59.9 Å². The Kier molecular flexibility index (Phi) is 8.22. The van der Waals surface area contributed by atoms with Gasteiger partial charge in [-0.05, 0) is 43.7 Å². The van der Waals surface area contributed by atoms with Crippen molar-refractivity contribution in [1.82, 2.24) is 9.55 Å². The van der Waals surface area contributed by atoms with Crippen LogP contribution in [0.15, 0.2) is 64.5 Å². The third kappa shape index (κ3) is 5.44. The Morgan fingerprint density at radius 2 is 1.55 bits per heavy atom. The lowest BCUT2D eigenvalue weighted by molar-refractivity contribution is -0.395. The topological polar surface area (TPSA) is 302 Å². The molecule has 0 spiro atoms. The van der Waals surface area contributed by atoms with E-state index in [1.54, 1.807) is 12.1 Å². The summed E-state index contributed by atoms with van der Waals surface area (Å²) < 4.78 is 12.6. The number of phenolic OH excluding ortho intramolecular Hbond substituents is 1. The first kappa shape index (κ1) is 36.8. The van der Waals surface area contributed by atoms with Crippen LogP contribution in [0.2, 0.25) is 0 Å². The molecule has 2 aromatic heterocycles. The number of aromatic nitrogens is 2. The number of pyridine rings is 2. The minimum Gasteiger partial charge on any atom is -0.508 e. The SMILES string of the molecule is CC[C@@]1(OC(=O)[C@@H](C)ON=C2c3cc([N+](=O)[O-])cc([N+](=O)[O-])c3-c3c2cc([N+](=O)[O-])cc3[N+](=O)[O-])C(=O)OCc2c1cc1n(c2=O)Cc2cc3cc(O)ccc3nc2-1. The lowest BCUT2D eigenvalue weighted by Crippen LogP contribution is -2.48. The van der Waals surface area contributed by atoms with Crippen LogP contribution in [0.4, 0.5) is 22.7 Å². The molecule has 58 heavy (non-hydrogen) atoms. The van der Waals surface area contributed by atoms with Gasteiger partial charge in [-0.1, -0.05) is 12.1 Å². The summed E-state index contributed by atoms with van der Waals surface area (Å²) in [7, 11) is 0. The summed E-state index contributed by atoms with van der Waals surface area (Å²) in [6, 6.07) is 10.6. The molecule has 8 rings (SSSR count). The number of hydrogen-bond donors (Lipinski definition) is 1. The largest absolute Gasteiger partial charge is 0.508 e. The number of nitrogens with zero attached hydrogens (tertiary/aromatic N) is 7. The molecule has 22 nitrogen and oxygen atoms in total. The molecular weight excluding hydrogens is 770 g/mol. The van der Waals surface area contributed by atoms with E-state index in [4.69, 9.17) is 14.3 Å². The average Bonchev–Trinajstić information content (AvgIpc) is 3.70. The highest BCUT2D eigenvalue weighted by Gasteiger charge is 2.51. The van der Waals surface area contributed by atoms with E-state index in [-0.39, 0.29) is 29.8 Å². The highest BCUT2D eigenvalue weighted by atomic mass is 16.7. The van der Waals surface area contributed by atoms with Crippen LogP contribution in [0.25, 0.3) is 33.4 Å². The normalized spacial score (nSPS) is 16.2. The number of rotatable bonds is 9. The highest BCUT2D eigenvalue weighted by molar-refractivity contribution is 6.27. The van der Waals surface area contributed by atoms with Crippen LogP contribution in [-0.4, -0.2) is 58.1 Å². The van der Waals surface area contributed by atoms with Gasteiger partial charge in [0.2, 0.25) is 11.7 Å². The fourth-order valence-electron chi connectivity index (χ4n) is 7.43. The van der Waals surface area contributed by atoms with Crippen LogP contribution >= 0.6 is 0 Å². The molecule has 2 atom stereocenters. The molecule has 0 saturated carbocycles. The number of carbonyl (C=O) groups excluding carboxylic acids is 2. The quantitative estimate of drug-likeness (QED) is 0.116. The van der Waals surface area contributed by atoms with Crippen molar-refractivity contribution in [2.45, 2.75) is 45.1 Å². The summed E-state index contributed by atoms with van der Waals surface area (Å²) in [5, 5.41) is 62.3. The van der Waals surface area contributed by atoms with Gasteiger partial charge in [0.05, 0.1) is 72.0 Å². The molecule has 3 aromatic carbocycles. The molecule has 4 heterocycles. The zero-order valence-corrected chi connectivity index (χ0v) is 29.7. The average molecular weight is 794 g/mol. The van der Waals surface area contributed by atoms with Crippen molar-refractivity contribution in [2.75, 3.05) is 0 Å². The monoisotopic (exact) mass is 793 g/mol. The second kappa shape index (κ2) is 13.0. The Hall–Kier alpha value is -8.17. The number of oxime groups is 1. The molecular formula is C36H23N7O15. The molecule has 5 aromatic rings. The number of fused-ring (bicyclic) bond motifs is 8. The van der Waals surface area contributed by atoms with Gasteiger partial charge in [0.15, 0.2) is 0 Å². The second-order valence-electron chi connectivity index (χ2n) is 13.4. The summed E-state index contributed by atoms with van der Waals surface area (Å²) in [6.07, 6.45) is -2.00. The van der Waals surface area contributed by atoms with Crippen molar-refractivity contribution >= 4 is 51.3 Å². The fourth-order valence-corrected chi connectivity index (χ4v) is 7.43. The second-order valence-corrected chi connectivity index (χ2v) is 13.4. The van der Waals surface area contributed by atoms with E-state index < -0.39 is 106 Å². The van der Waals surface area contributed by atoms with Gasteiger partial charge in [0.25, 0.3) is 28.3 Å². The highest BCUT2D eigenvalue weighted by Crippen LogP contribution is 2.50. The van der Waals surface area contributed by atoms with E-state index in [0.717, 1.165) is 19.1 Å². The Morgan fingerprint density at radius 3 is 2.12 bits per heavy atom. The van der Waals surface area contributed by atoms with Crippen molar-refractivity contribution in [3.8, 4) is 28.3 Å². The number of hydrogen-bond acceptors (Lipinski definition) is 17. The molecule has 1 aliphatic carbocycles.